The van der Waals surface area contributed by atoms with Crippen LogP contribution in [-0.4, -0.2) is 35.7 Å². The van der Waals surface area contributed by atoms with E-state index in [1.54, 1.807) is 32.0 Å². The van der Waals surface area contributed by atoms with E-state index in [1.165, 1.54) is 0 Å². The summed E-state index contributed by atoms with van der Waals surface area (Å²) in [5, 5.41) is 14.5. The quantitative estimate of drug-likeness (QED) is 0.319. The summed E-state index contributed by atoms with van der Waals surface area (Å²) >= 11 is 2.03. The smallest absolute Gasteiger partial charge is 0.411 e. The summed E-state index contributed by atoms with van der Waals surface area (Å²) in [4.78, 5) is 36.2. The lowest BCUT2D eigenvalue weighted by atomic mass is 9.98. The molecule has 0 fully saturated rings. The van der Waals surface area contributed by atoms with E-state index >= 15 is 0 Å². The highest BCUT2D eigenvalue weighted by Gasteiger charge is 2.29. The SMILES string of the molecule is CC(NC(=O)c1ccc(NC(=O)OCC2c3ccccc3-c3ccccc32)c(I)c1)C(C)C(=O)O. The molecule has 2 amide bonds. The van der Waals surface area contributed by atoms with Crippen LogP contribution in [0.15, 0.2) is 66.7 Å². The minimum Gasteiger partial charge on any atom is -0.481 e. The summed E-state index contributed by atoms with van der Waals surface area (Å²) < 4.78 is 6.24. The lowest BCUT2D eigenvalue weighted by Crippen LogP contribution is -2.40. The van der Waals surface area contributed by atoms with Crippen LogP contribution in [0.1, 0.15) is 41.3 Å². The van der Waals surface area contributed by atoms with Crippen molar-refractivity contribution in [3.05, 3.63) is 87.0 Å². The average Bonchev–Trinajstić information content (AvgIpc) is 3.17. The van der Waals surface area contributed by atoms with Gasteiger partial charge >= 0.3 is 12.1 Å². The molecule has 3 aromatic rings. The molecule has 1 aliphatic rings. The first kappa shape index (κ1) is 24.7. The minimum absolute atomic E-state index is 0.0338. The molecule has 8 heteroatoms. The Labute approximate surface area is 217 Å². The predicted octanol–water partition coefficient (Wildman–Crippen LogP) is 5.49. The van der Waals surface area contributed by atoms with E-state index in [0.717, 1.165) is 22.3 Å². The second-order valence-electron chi connectivity index (χ2n) is 8.53. The van der Waals surface area contributed by atoms with Gasteiger partial charge in [-0.1, -0.05) is 48.5 Å². The molecule has 0 radical (unpaired) electrons. The van der Waals surface area contributed by atoms with Crippen molar-refractivity contribution in [3.63, 3.8) is 0 Å². The molecule has 7 nitrogen and oxygen atoms in total. The van der Waals surface area contributed by atoms with Gasteiger partial charge in [0.05, 0.1) is 11.6 Å². The van der Waals surface area contributed by atoms with Crippen molar-refractivity contribution in [3.8, 4) is 11.1 Å². The molecule has 0 aliphatic heterocycles. The Morgan fingerprint density at radius 2 is 1.57 bits per heavy atom. The lowest BCUT2D eigenvalue weighted by molar-refractivity contribution is -0.141. The third kappa shape index (κ3) is 5.32. The van der Waals surface area contributed by atoms with E-state index in [1.807, 2.05) is 46.9 Å². The van der Waals surface area contributed by atoms with Gasteiger partial charge in [0.1, 0.15) is 6.61 Å². The largest absolute Gasteiger partial charge is 0.481 e. The Morgan fingerprint density at radius 1 is 0.971 bits per heavy atom. The van der Waals surface area contributed by atoms with Gasteiger partial charge < -0.3 is 15.2 Å². The third-order valence-electron chi connectivity index (χ3n) is 6.31. The zero-order chi connectivity index (χ0) is 25.1. The first-order chi connectivity index (χ1) is 16.8. The number of fused-ring (bicyclic) bond motifs is 3. The normalized spacial score (nSPS) is 13.8. The number of hydrogen-bond donors (Lipinski definition) is 3. The number of ether oxygens (including phenoxy) is 1. The van der Waals surface area contributed by atoms with Crippen molar-refractivity contribution in [2.45, 2.75) is 25.8 Å². The number of rotatable bonds is 7. The monoisotopic (exact) mass is 584 g/mol. The van der Waals surface area contributed by atoms with Gasteiger partial charge in [0, 0.05) is 21.1 Å². The summed E-state index contributed by atoms with van der Waals surface area (Å²) in [6, 6.07) is 20.6. The van der Waals surface area contributed by atoms with E-state index in [-0.39, 0.29) is 18.4 Å². The molecule has 2 atom stereocenters. The molecule has 0 heterocycles. The minimum atomic E-state index is -0.977. The van der Waals surface area contributed by atoms with Crippen molar-refractivity contribution in [2.75, 3.05) is 11.9 Å². The van der Waals surface area contributed by atoms with Gasteiger partial charge in [0.25, 0.3) is 5.91 Å². The zero-order valence-corrected chi connectivity index (χ0v) is 21.4. The van der Waals surface area contributed by atoms with Gasteiger partial charge in [-0.3, -0.25) is 14.9 Å². The molecule has 180 valence electrons. The van der Waals surface area contributed by atoms with Gasteiger partial charge in [-0.15, -0.1) is 0 Å². The summed E-state index contributed by atoms with van der Waals surface area (Å²) in [6.07, 6.45) is -0.578. The number of carboxylic acids is 1. The number of benzene rings is 3. The maximum atomic E-state index is 12.6. The number of carbonyl (C=O) groups excluding carboxylic acids is 2. The van der Waals surface area contributed by atoms with Gasteiger partial charge in [-0.2, -0.15) is 0 Å². The molecule has 3 aromatic carbocycles. The van der Waals surface area contributed by atoms with E-state index in [9.17, 15) is 14.4 Å². The lowest BCUT2D eigenvalue weighted by Gasteiger charge is -2.18. The predicted molar refractivity (Wildman–Crippen MR) is 142 cm³/mol. The van der Waals surface area contributed by atoms with Crippen LogP contribution in [-0.2, 0) is 9.53 Å². The molecule has 0 saturated heterocycles. The number of anilines is 1. The van der Waals surface area contributed by atoms with Gasteiger partial charge in [-0.25, -0.2) is 4.79 Å². The standard InChI is InChI=1S/C27H25IN2O5/c1-15(26(32)33)16(2)29-25(31)17-11-12-24(23(28)13-17)30-27(34)35-14-22-20-9-5-3-7-18(20)19-8-4-6-10-21(19)22/h3-13,15-16,22H,14H2,1-2H3,(H,29,31)(H,30,34)(H,32,33). The maximum absolute atomic E-state index is 12.6. The Hall–Kier alpha value is -3.40. The highest BCUT2D eigenvalue weighted by molar-refractivity contribution is 14.1. The topological polar surface area (TPSA) is 105 Å². The molecule has 4 rings (SSSR count). The van der Waals surface area contributed by atoms with Crippen LogP contribution in [0, 0.1) is 9.49 Å². The highest BCUT2D eigenvalue weighted by Crippen LogP contribution is 2.44. The van der Waals surface area contributed by atoms with Gasteiger partial charge in [-0.05, 0) is 76.9 Å². The average molecular weight is 584 g/mol. The highest BCUT2D eigenvalue weighted by atomic mass is 127. The van der Waals surface area contributed by atoms with Crippen LogP contribution in [0.2, 0.25) is 0 Å². The number of nitrogens with one attached hydrogen (secondary N) is 2. The fourth-order valence-electron chi connectivity index (χ4n) is 4.13. The van der Waals surface area contributed by atoms with Gasteiger partial charge in [0.15, 0.2) is 0 Å². The maximum Gasteiger partial charge on any atom is 0.411 e. The summed E-state index contributed by atoms with van der Waals surface area (Å²) in [6.45, 7) is 3.39. The molecular formula is C27H25IN2O5. The van der Waals surface area contributed by atoms with Crippen LogP contribution in [0.3, 0.4) is 0 Å². The molecule has 2 unspecified atom stereocenters. The second-order valence-corrected chi connectivity index (χ2v) is 9.70. The number of hydrogen-bond acceptors (Lipinski definition) is 4. The summed E-state index contributed by atoms with van der Waals surface area (Å²) in [5.74, 6) is -2.10. The van der Waals surface area contributed by atoms with Crippen LogP contribution in [0.5, 0.6) is 0 Å². The Balaban J connectivity index is 1.39. The van der Waals surface area contributed by atoms with Gasteiger partial charge in [0.2, 0.25) is 0 Å². The molecule has 0 saturated carbocycles. The Kier molecular flexibility index (Phi) is 7.39. The van der Waals surface area contributed by atoms with E-state index in [2.05, 4.69) is 34.9 Å². The number of halogens is 1. The van der Waals surface area contributed by atoms with E-state index in [4.69, 9.17) is 9.84 Å². The van der Waals surface area contributed by atoms with Crippen molar-refractivity contribution in [1.82, 2.24) is 5.32 Å². The molecule has 0 bridgehead atoms. The third-order valence-corrected chi connectivity index (χ3v) is 7.20. The number of aliphatic carboxylic acids is 1. The number of amides is 2. The molecule has 0 spiro atoms. The van der Waals surface area contributed by atoms with Crippen LogP contribution >= 0.6 is 22.6 Å². The van der Waals surface area contributed by atoms with Crippen LogP contribution < -0.4 is 10.6 Å². The Bertz CT molecular complexity index is 1250. The Morgan fingerprint density at radius 3 is 2.14 bits per heavy atom. The van der Waals surface area contributed by atoms with Crippen LogP contribution in [0.4, 0.5) is 10.5 Å². The van der Waals surface area contributed by atoms with Crippen LogP contribution in [0.25, 0.3) is 11.1 Å². The zero-order valence-electron chi connectivity index (χ0n) is 19.2. The van der Waals surface area contributed by atoms with Crippen molar-refractivity contribution in [2.24, 2.45) is 5.92 Å². The second kappa shape index (κ2) is 10.5. The fourth-order valence-corrected chi connectivity index (χ4v) is 4.78. The van der Waals surface area contributed by atoms with E-state index in [0.29, 0.717) is 14.8 Å². The first-order valence-electron chi connectivity index (χ1n) is 11.2. The molecule has 0 aromatic heterocycles. The molecule has 1 aliphatic carbocycles. The number of carboxylic acid groups (broad SMARTS) is 1. The van der Waals surface area contributed by atoms with E-state index < -0.39 is 24.0 Å². The summed E-state index contributed by atoms with van der Waals surface area (Å²) in [5.41, 5.74) is 5.49. The summed E-state index contributed by atoms with van der Waals surface area (Å²) in [7, 11) is 0. The van der Waals surface area contributed by atoms with Crippen molar-refractivity contribution >= 4 is 46.2 Å². The number of carbonyl (C=O) groups is 3. The molecular weight excluding hydrogens is 559 g/mol. The first-order valence-corrected chi connectivity index (χ1v) is 12.3. The molecule has 35 heavy (non-hydrogen) atoms. The van der Waals surface area contributed by atoms with Crippen molar-refractivity contribution in [1.29, 1.82) is 0 Å². The molecule has 3 N–H and O–H groups in total. The fraction of sp³-hybridized carbons (Fsp3) is 0.222. The van der Waals surface area contributed by atoms with Crippen molar-refractivity contribution < 1.29 is 24.2 Å².